The topological polar surface area (TPSA) is 37.3 Å². The van der Waals surface area contributed by atoms with Crippen molar-refractivity contribution in [2.75, 3.05) is 5.43 Å². The third-order valence-electron chi connectivity index (χ3n) is 2.63. The molecule has 0 aliphatic heterocycles. The first-order valence-electron chi connectivity index (χ1n) is 6.30. The summed E-state index contributed by atoms with van der Waals surface area (Å²) in [6, 6.07) is 10.3. The number of alkyl halides is 3. The lowest BCUT2D eigenvalue weighted by Crippen LogP contribution is -2.06. The molecule has 120 valence electrons. The zero-order valence-corrected chi connectivity index (χ0v) is 13.8. The lowest BCUT2D eigenvalue weighted by Gasteiger charge is -2.08. The maximum atomic E-state index is 12.5. The highest BCUT2D eigenvalue weighted by atomic mass is 79.9. The number of aromatic nitrogens is 1. The van der Waals surface area contributed by atoms with Crippen LogP contribution in [0.1, 0.15) is 11.1 Å². The van der Waals surface area contributed by atoms with Crippen LogP contribution in [0, 0.1) is 0 Å². The Morgan fingerprint density at radius 1 is 1.26 bits per heavy atom. The second-order valence-corrected chi connectivity index (χ2v) is 5.68. The summed E-state index contributed by atoms with van der Waals surface area (Å²) in [6.45, 7) is 0. The molecule has 0 aliphatic rings. The second-order valence-electron chi connectivity index (χ2n) is 4.36. The molecule has 1 heterocycles. The number of nitrogens with one attached hydrogen (secondary N) is 1. The summed E-state index contributed by atoms with van der Waals surface area (Å²) in [5.74, 6) is 0.0379. The Morgan fingerprint density at radius 3 is 2.57 bits per heavy atom. The van der Waals surface area contributed by atoms with Gasteiger partial charge in [0.25, 0.3) is 0 Å². The first-order chi connectivity index (χ1) is 10.9. The van der Waals surface area contributed by atoms with Gasteiger partial charge in [0.15, 0.2) is 5.82 Å². The number of hydrazone groups is 1. The maximum Gasteiger partial charge on any atom is 0.417 e. The molecule has 8 heteroatoms. The van der Waals surface area contributed by atoms with Crippen LogP contribution in [0.25, 0.3) is 6.08 Å². The van der Waals surface area contributed by atoms with Crippen LogP contribution in [-0.2, 0) is 6.18 Å². The van der Waals surface area contributed by atoms with Gasteiger partial charge in [-0.3, -0.25) is 5.43 Å². The summed E-state index contributed by atoms with van der Waals surface area (Å²) in [5.41, 5.74) is 2.55. The van der Waals surface area contributed by atoms with Gasteiger partial charge in [-0.2, -0.15) is 18.3 Å². The number of pyridine rings is 1. The standard InChI is InChI=1S/C15H10BrClF3N3/c16-12(6-10-4-2-1-3-5-10)9-22-23-14-13(17)7-11(8-21-14)15(18,19)20/h1-9H,(H,21,23)/b12-6-,22-9+. The van der Waals surface area contributed by atoms with Crippen molar-refractivity contribution in [1.29, 1.82) is 0 Å². The summed E-state index contributed by atoms with van der Waals surface area (Å²) >= 11 is 9.07. The van der Waals surface area contributed by atoms with E-state index in [-0.39, 0.29) is 10.8 Å². The zero-order valence-electron chi connectivity index (χ0n) is 11.5. The fourth-order valence-corrected chi connectivity index (χ4v) is 2.15. The largest absolute Gasteiger partial charge is 0.417 e. The molecule has 23 heavy (non-hydrogen) atoms. The van der Waals surface area contributed by atoms with E-state index >= 15 is 0 Å². The number of rotatable bonds is 4. The van der Waals surface area contributed by atoms with Gasteiger partial charge in [-0.1, -0.05) is 41.9 Å². The van der Waals surface area contributed by atoms with Gasteiger partial charge in [0.05, 0.1) is 16.8 Å². The molecule has 0 saturated carbocycles. The van der Waals surface area contributed by atoms with Crippen molar-refractivity contribution in [1.82, 2.24) is 4.98 Å². The van der Waals surface area contributed by atoms with Crippen molar-refractivity contribution >= 4 is 45.6 Å². The van der Waals surface area contributed by atoms with Crippen LogP contribution in [0.2, 0.25) is 5.02 Å². The lowest BCUT2D eigenvalue weighted by molar-refractivity contribution is -0.137. The van der Waals surface area contributed by atoms with E-state index in [2.05, 4.69) is 31.4 Å². The van der Waals surface area contributed by atoms with Gasteiger partial charge < -0.3 is 0 Å². The molecule has 0 atom stereocenters. The van der Waals surface area contributed by atoms with Crippen LogP contribution < -0.4 is 5.43 Å². The molecule has 0 saturated heterocycles. The van der Waals surface area contributed by atoms with Crippen molar-refractivity contribution in [3.63, 3.8) is 0 Å². The molecular formula is C15H10BrClF3N3. The average Bonchev–Trinajstić information content (AvgIpc) is 2.49. The molecule has 0 spiro atoms. The van der Waals surface area contributed by atoms with E-state index in [1.54, 1.807) is 0 Å². The molecule has 1 aromatic heterocycles. The Labute approximate surface area is 144 Å². The number of allylic oxidation sites excluding steroid dienone is 1. The minimum Gasteiger partial charge on any atom is -0.260 e. The molecule has 0 unspecified atom stereocenters. The number of benzene rings is 1. The maximum absolute atomic E-state index is 12.5. The van der Waals surface area contributed by atoms with E-state index in [4.69, 9.17) is 11.6 Å². The van der Waals surface area contributed by atoms with E-state index in [0.717, 1.165) is 11.6 Å². The van der Waals surface area contributed by atoms with Crippen molar-refractivity contribution in [3.05, 3.63) is 63.2 Å². The summed E-state index contributed by atoms with van der Waals surface area (Å²) in [5, 5.41) is 3.71. The van der Waals surface area contributed by atoms with Crippen LogP contribution in [0.15, 0.2) is 52.2 Å². The zero-order chi connectivity index (χ0) is 16.9. The van der Waals surface area contributed by atoms with E-state index in [1.165, 1.54) is 6.21 Å². The molecule has 0 radical (unpaired) electrons. The fourth-order valence-electron chi connectivity index (χ4n) is 1.58. The molecule has 0 fully saturated rings. The predicted molar refractivity (Wildman–Crippen MR) is 89.7 cm³/mol. The molecule has 0 amide bonds. The number of hydrogen-bond donors (Lipinski definition) is 1. The summed E-state index contributed by atoms with van der Waals surface area (Å²) in [6.07, 6.45) is -0.520. The van der Waals surface area contributed by atoms with Crippen LogP contribution in [0.4, 0.5) is 19.0 Å². The number of anilines is 1. The van der Waals surface area contributed by atoms with Gasteiger partial charge in [0.2, 0.25) is 0 Å². The highest BCUT2D eigenvalue weighted by molar-refractivity contribution is 9.12. The van der Waals surface area contributed by atoms with Gasteiger partial charge in [-0.15, -0.1) is 0 Å². The number of hydrogen-bond acceptors (Lipinski definition) is 3. The van der Waals surface area contributed by atoms with Crippen LogP contribution in [0.3, 0.4) is 0 Å². The number of halogens is 5. The molecule has 2 aromatic rings. The first kappa shape index (κ1) is 17.5. The third kappa shape index (κ3) is 5.37. The Kier molecular flexibility index (Phi) is 5.79. The minimum atomic E-state index is -4.49. The normalized spacial score (nSPS) is 12.7. The van der Waals surface area contributed by atoms with Gasteiger partial charge in [-0.25, -0.2) is 4.98 Å². The summed E-state index contributed by atoms with van der Waals surface area (Å²) in [4.78, 5) is 3.61. The Morgan fingerprint density at radius 2 is 1.96 bits per heavy atom. The van der Waals surface area contributed by atoms with Crippen LogP contribution in [-0.4, -0.2) is 11.2 Å². The monoisotopic (exact) mass is 403 g/mol. The van der Waals surface area contributed by atoms with Gasteiger partial charge in [-0.05, 0) is 33.6 Å². The van der Waals surface area contributed by atoms with Gasteiger partial charge >= 0.3 is 6.18 Å². The summed E-state index contributed by atoms with van der Waals surface area (Å²) < 4.78 is 38.2. The van der Waals surface area contributed by atoms with Crippen molar-refractivity contribution in [3.8, 4) is 0 Å². The van der Waals surface area contributed by atoms with E-state index in [9.17, 15) is 13.2 Å². The number of nitrogens with zero attached hydrogens (tertiary/aromatic N) is 2. The molecule has 0 bridgehead atoms. The van der Waals surface area contributed by atoms with Gasteiger partial charge in [0.1, 0.15) is 0 Å². The Hall–Kier alpha value is -1.86. The minimum absolute atomic E-state index is 0.0379. The summed E-state index contributed by atoms with van der Waals surface area (Å²) in [7, 11) is 0. The molecular weight excluding hydrogens is 395 g/mol. The molecule has 1 N–H and O–H groups in total. The van der Waals surface area contributed by atoms with Crippen molar-refractivity contribution in [2.45, 2.75) is 6.18 Å². The molecule has 0 aliphatic carbocycles. The Balaban J connectivity index is 2.04. The van der Waals surface area contributed by atoms with Crippen LogP contribution >= 0.6 is 27.5 Å². The SMILES string of the molecule is FC(F)(F)c1cnc(N/N=C/C(Br)=C/c2ccccc2)c(Cl)c1. The quantitative estimate of drug-likeness (QED) is 0.533. The lowest BCUT2D eigenvalue weighted by atomic mass is 10.2. The Bertz CT molecular complexity index is 730. The van der Waals surface area contributed by atoms with Crippen molar-refractivity contribution < 1.29 is 13.2 Å². The molecule has 1 aromatic carbocycles. The highest BCUT2D eigenvalue weighted by Crippen LogP contribution is 2.32. The second kappa shape index (κ2) is 7.61. The van der Waals surface area contributed by atoms with E-state index < -0.39 is 11.7 Å². The first-order valence-corrected chi connectivity index (χ1v) is 7.47. The predicted octanol–water partition coefficient (Wildman–Crippen LogP) is 5.59. The third-order valence-corrected chi connectivity index (χ3v) is 3.35. The smallest absolute Gasteiger partial charge is 0.260 e. The van der Waals surface area contributed by atoms with E-state index in [1.807, 2.05) is 36.4 Å². The molecule has 2 rings (SSSR count). The highest BCUT2D eigenvalue weighted by Gasteiger charge is 2.31. The van der Waals surface area contributed by atoms with E-state index in [0.29, 0.717) is 10.7 Å². The van der Waals surface area contributed by atoms with Crippen LogP contribution in [0.5, 0.6) is 0 Å². The average molecular weight is 405 g/mol. The molecule has 3 nitrogen and oxygen atoms in total. The fraction of sp³-hybridized carbons (Fsp3) is 0.0667. The van der Waals surface area contributed by atoms with Crippen molar-refractivity contribution in [2.24, 2.45) is 5.10 Å². The van der Waals surface area contributed by atoms with Gasteiger partial charge in [0, 0.05) is 10.7 Å².